The maximum atomic E-state index is 10.6. The van der Waals surface area contributed by atoms with Crippen molar-refractivity contribution in [1.29, 1.82) is 0 Å². The third-order valence-electron chi connectivity index (χ3n) is 4.18. The number of aliphatic carboxylic acids is 1. The SMILES string of the molecule is COc1ccc(C=CC(=O)O)cc1CN1CC(C)C(C)C1. The van der Waals surface area contributed by atoms with E-state index in [1.807, 2.05) is 18.2 Å². The molecule has 0 radical (unpaired) electrons. The number of carboxylic acids is 1. The quantitative estimate of drug-likeness (QED) is 0.847. The molecule has 2 atom stereocenters. The van der Waals surface area contributed by atoms with Gasteiger partial charge in [0.15, 0.2) is 0 Å². The van der Waals surface area contributed by atoms with Crippen LogP contribution in [0.5, 0.6) is 5.75 Å². The van der Waals surface area contributed by atoms with Gasteiger partial charge in [-0.15, -0.1) is 0 Å². The molecule has 1 aromatic carbocycles. The summed E-state index contributed by atoms with van der Waals surface area (Å²) in [6.07, 6.45) is 2.77. The first kappa shape index (κ1) is 15.6. The van der Waals surface area contributed by atoms with E-state index in [1.165, 1.54) is 0 Å². The Morgan fingerprint density at radius 1 is 1.38 bits per heavy atom. The maximum Gasteiger partial charge on any atom is 0.328 e. The first-order valence-corrected chi connectivity index (χ1v) is 7.30. The van der Waals surface area contributed by atoms with Crippen LogP contribution in [0.1, 0.15) is 25.0 Å². The molecule has 0 spiro atoms. The summed E-state index contributed by atoms with van der Waals surface area (Å²) in [4.78, 5) is 13.0. The van der Waals surface area contributed by atoms with E-state index in [-0.39, 0.29) is 0 Å². The Kier molecular flexibility index (Phi) is 5.02. The summed E-state index contributed by atoms with van der Waals surface area (Å²) >= 11 is 0. The van der Waals surface area contributed by atoms with E-state index >= 15 is 0 Å². The molecule has 1 aliphatic heterocycles. The molecule has 0 aliphatic carbocycles. The van der Waals surface area contributed by atoms with Crippen molar-refractivity contribution in [1.82, 2.24) is 4.90 Å². The second-order valence-corrected chi connectivity index (χ2v) is 5.89. The van der Waals surface area contributed by atoms with Crippen molar-refractivity contribution in [2.45, 2.75) is 20.4 Å². The zero-order valence-corrected chi connectivity index (χ0v) is 12.9. The molecule has 0 amide bonds. The molecule has 114 valence electrons. The number of nitrogens with zero attached hydrogens (tertiary/aromatic N) is 1. The van der Waals surface area contributed by atoms with Crippen LogP contribution in [0.4, 0.5) is 0 Å². The zero-order valence-electron chi connectivity index (χ0n) is 12.9. The van der Waals surface area contributed by atoms with Gasteiger partial charge in [-0.2, -0.15) is 0 Å². The normalized spacial score (nSPS) is 22.8. The minimum absolute atomic E-state index is 0.714. The highest BCUT2D eigenvalue weighted by atomic mass is 16.5. The molecule has 1 fully saturated rings. The van der Waals surface area contributed by atoms with Crippen molar-refractivity contribution < 1.29 is 14.6 Å². The minimum Gasteiger partial charge on any atom is -0.496 e. The Morgan fingerprint density at radius 2 is 2.05 bits per heavy atom. The summed E-state index contributed by atoms with van der Waals surface area (Å²) in [5.74, 6) is 1.35. The Bertz CT molecular complexity index is 529. The first-order valence-electron chi connectivity index (χ1n) is 7.30. The number of hydrogen-bond donors (Lipinski definition) is 1. The fourth-order valence-electron chi connectivity index (χ4n) is 2.81. The van der Waals surface area contributed by atoms with Gasteiger partial charge in [0.25, 0.3) is 0 Å². The zero-order chi connectivity index (χ0) is 15.4. The molecular weight excluding hydrogens is 266 g/mol. The Balaban J connectivity index is 2.16. The van der Waals surface area contributed by atoms with Gasteiger partial charge in [0.1, 0.15) is 5.75 Å². The van der Waals surface area contributed by atoms with E-state index in [0.717, 1.165) is 42.6 Å². The molecule has 1 heterocycles. The van der Waals surface area contributed by atoms with Crippen molar-refractivity contribution in [2.24, 2.45) is 11.8 Å². The van der Waals surface area contributed by atoms with Crippen LogP contribution in [0.15, 0.2) is 24.3 Å². The summed E-state index contributed by atoms with van der Waals surface area (Å²) in [6, 6.07) is 5.78. The largest absolute Gasteiger partial charge is 0.496 e. The molecule has 0 saturated carbocycles. The average molecular weight is 289 g/mol. The van der Waals surface area contributed by atoms with Gasteiger partial charge < -0.3 is 9.84 Å². The Hall–Kier alpha value is -1.81. The molecule has 4 heteroatoms. The number of methoxy groups -OCH3 is 1. The number of benzene rings is 1. The predicted octanol–water partition coefficient (Wildman–Crippen LogP) is 2.88. The van der Waals surface area contributed by atoms with Gasteiger partial charge in [0.2, 0.25) is 0 Å². The van der Waals surface area contributed by atoms with Crippen molar-refractivity contribution >= 4 is 12.0 Å². The van der Waals surface area contributed by atoms with Crippen LogP contribution < -0.4 is 4.74 Å². The smallest absolute Gasteiger partial charge is 0.328 e. The standard InChI is InChI=1S/C17H23NO3/c1-12-9-18(10-13(12)2)11-15-8-14(5-7-17(19)20)4-6-16(15)21-3/h4-8,12-13H,9-11H2,1-3H3,(H,19,20). The topological polar surface area (TPSA) is 49.8 Å². The lowest BCUT2D eigenvalue weighted by Crippen LogP contribution is -2.20. The molecule has 21 heavy (non-hydrogen) atoms. The van der Waals surface area contributed by atoms with Crippen LogP contribution in [0, 0.1) is 11.8 Å². The van der Waals surface area contributed by atoms with Crippen molar-refractivity contribution in [2.75, 3.05) is 20.2 Å². The average Bonchev–Trinajstić information content (AvgIpc) is 2.75. The predicted molar refractivity (Wildman–Crippen MR) is 83.3 cm³/mol. The lowest BCUT2D eigenvalue weighted by Gasteiger charge is -2.18. The number of carbonyl (C=O) groups is 1. The molecule has 1 saturated heterocycles. The van der Waals surface area contributed by atoms with Gasteiger partial charge >= 0.3 is 5.97 Å². The van der Waals surface area contributed by atoms with Crippen LogP contribution in [-0.2, 0) is 11.3 Å². The molecule has 0 bridgehead atoms. The van der Waals surface area contributed by atoms with Crippen molar-refractivity contribution in [3.8, 4) is 5.75 Å². The second kappa shape index (κ2) is 6.76. The highest BCUT2D eigenvalue weighted by Gasteiger charge is 2.26. The van der Waals surface area contributed by atoms with Crippen LogP contribution in [0.25, 0.3) is 6.08 Å². The van der Waals surface area contributed by atoms with Gasteiger partial charge in [-0.05, 0) is 35.6 Å². The highest BCUT2D eigenvalue weighted by molar-refractivity contribution is 5.85. The van der Waals surface area contributed by atoms with Gasteiger partial charge in [0.05, 0.1) is 7.11 Å². The van der Waals surface area contributed by atoms with Crippen LogP contribution in [0.2, 0.25) is 0 Å². The van der Waals surface area contributed by atoms with Crippen molar-refractivity contribution in [3.05, 3.63) is 35.4 Å². The lowest BCUT2D eigenvalue weighted by atomic mass is 10.0. The summed E-state index contributed by atoms with van der Waals surface area (Å²) in [6.45, 7) is 7.60. The summed E-state index contributed by atoms with van der Waals surface area (Å²) in [5, 5.41) is 8.71. The van der Waals surface area contributed by atoms with E-state index in [2.05, 4.69) is 18.7 Å². The summed E-state index contributed by atoms with van der Waals surface area (Å²) in [5.41, 5.74) is 1.99. The number of ether oxygens (including phenoxy) is 1. The van der Waals surface area contributed by atoms with E-state index in [0.29, 0.717) is 11.8 Å². The lowest BCUT2D eigenvalue weighted by molar-refractivity contribution is -0.131. The van der Waals surface area contributed by atoms with Gasteiger partial charge in [-0.3, -0.25) is 4.90 Å². The van der Waals surface area contributed by atoms with Crippen molar-refractivity contribution in [3.63, 3.8) is 0 Å². The third kappa shape index (κ3) is 4.08. The third-order valence-corrected chi connectivity index (χ3v) is 4.18. The second-order valence-electron chi connectivity index (χ2n) is 5.89. The van der Waals surface area contributed by atoms with Crippen LogP contribution in [0.3, 0.4) is 0 Å². The van der Waals surface area contributed by atoms with E-state index in [1.54, 1.807) is 13.2 Å². The van der Waals surface area contributed by atoms with Gasteiger partial charge in [0, 0.05) is 31.3 Å². The molecule has 4 nitrogen and oxygen atoms in total. The number of hydrogen-bond acceptors (Lipinski definition) is 3. The van der Waals surface area contributed by atoms with Gasteiger partial charge in [-0.25, -0.2) is 4.79 Å². The molecule has 2 rings (SSSR count). The van der Waals surface area contributed by atoms with E-state index < -0.39 is 5.97 Å². The molecule has 2 unspecified atom stereocenters. The highest BCUT2D eigenvalue weighted by Crippen LogP contribution is 2.27. The molecule has 1 aliphatic rings. The Labute approximate surface area is 126 Å². The number of carboxylic acid groups (broad SMARTS) is 1. The van der Waals surface area contributed by atoms with E-state index in [9.17, 15) is 4.79 Å². The van der Waals surface area contributed by atoms with Crippen LogP contribution >= 0.6 is 0 Å². The fraction of sp³-hybridized carbons (Fsp3) is 0.471. The first-order chi connectivity index (χ1) is 9.99. The van der Waals surface area contributed by atoms with E-state index in [4.69, 9.17) is 9.84 Å². The minimum atomic E-state index is -0.936. The number of likely N-dealkylation sites (tertiary alicyclic amines) is 1. The Morgan fingerprint density at radius 3 is 2.62 bits per heavy atom. The molecule has 1 aromatic rings. The summed E-state index contributed by atoms with van der Waals surface area (Å²) < 4.78 is 5.42. The fourth-order valence-corrected chi connectivity index (χ4v) is 2.81. The monoisotopic (exact) mass is 289 g/mol. The van der Waals surface area contributed by atoms with Crippen LogP contribution in [-0.4, -0.2) is 36.2 Å². The molecule has 0 aromatic heterocycles. The molecule has 1 N–H and O–H groups in total. The number of rotatable bonds is 5. The molecular formula is C17H23NO3. The summed E-state index contributed by atoms with van der Waals surface area (Å²) in [7, 11) is 1.67. The van der Waals surface area contributed by atoms with Gasteiger partial charge in [-0.1, -0.05) is 19.9 Å². The maximum absolute atomic E-state index is 10.6.